The second kappa shape index (κ2) is 8.09. The predicted molar refractivity (Wildman–Crippen MR) is 101 cm³/mol. The zero-order valence-corrected chi connectivity index (χ0v) is 15.1. The third kappa shape index (κ3) is 4.28. The molecule has 0 amide bonds. The molecule has 0 radical (unpaired) electrons. The van der Waals surface area contributed by atoms with Crippen LogP contribution >= 0.6 is 0 Å². The number of nitrogens with one attached hydrogen (secondary N) is 1. The van der Waals surface area contributed by atoms with E-state index < -0.39 is 18.6 Å². The van der Waals surface area contributed by atoms with Crippen LogP contribution < -0.4 is 11.1 Å². The predicted octanol–water partition coefficient (Wildman–Crippen LogP) is 0.947. The minimum absolute atomic E-state index is 0.0275. The Kier molecular flexibility index (Phi) is 6.02. The average Bonchev–Trinajstić information content (AvgIpc) is 2.96. The lowest BCUT2D eigenvalue weighted by atomic mass is 9.66. The molecule has 3 rings (SSSR count). The first kappa shape index (κ1) is 19.4. The highest BCUT2D eigenvalue weighted by atomic mass is 16.4. The molecule has 1 aromatic rings. The van der Waals surface area contributed by atoms with E-state index >= 15 is 0 Å². The van der Waals surface area contributed by atoms with Crippen molar-refractivity contribution in [2.45, 2.75) is 68.9 Å². The standard InChI is InChI=1S/C19H29BN2O4/c21-19(18(23)24,7-3-4-8-20(25)26)15-11-17(12-15)22-16-9-13-5-1-2-6-14(13)10-16/h1-2,5-6,15-17,22,25-26H,3-4,7-12,21H2,(H,23,24)/t15-,17-,19-/m0/s1. The van der Waals surface area contributed by atoms with Gasteiger partial charge in [-0.15, -0.1) is 0 Å². The van der Waals surface area contributed by atoms with Gasteiger partial charge in [-0.2, -0.15) is 0 Å². The van der Waals surface area contributed by atoms with E-state index in [1.165, 1.54) is 11.1 Å². The van der Waals surface area contributed by atoms with Crippen LogP contribution in [0.3, 0.4) is 0 Å². The molecule has 1 aromatic carbocycles. The van der Waals surface area contributed by atoms with Crippen molar-refractivity contribution in [2.75, 3.05) is 0 Å². The van der Waals surface area contributed by atoms with E-state index in [1.807, 2.05) is 0 Å². The van der Waals surface area contributed by atoms with E-state index in [0.29, 0.717) is 31.3 Å². The SMILES string of the molecule is N[C@](CCCCB(O)O)(C(=O)O)[C@H]1C[C@H](NC2Cc3ccccc3C2)C1. The molecule has 0 aromatic heterocycles. The molecule has 1 fully saturated rings. The maximum Gasteiger partial charge on any atom is 0.451 e. The minimum atomic E-state index is -1.33. The number of hydrogen-bond acceptors (Lipinski definition) is 5. The molecule has 2 aliphatic carbocycles. The number of benzene rings is 1. The van der Waals surface area contributed by atoms with Crippen LogP contribution in [0.25, 0.3) is 0 Å². The molecule has 142 valence electrons. The van der Waals surface area contributed by atoms with Crippen molar-refractivity contribution >= 4 is 13.1 Å². The van der Waals surface area contributed by atoms with Crippen LogP contribution in [-0.2, 0) is 17.6 Å². The highest BCUT2D eigenvalue weighted by molar-refractivity contribution is 6.40. The van der Waals surface area contributed by atoms with Gasteiger partial charge < -0.3 is 26.2 Å². The van der Waals surface area contributed by atoms with E-state index in [9.17, 15) is 9.90 Å². The van der Waals surface area contributed by atoms with Gasteiger partial charge in [0.2, 0.25) is 0 Å². The summed E-state index contributed by atoms with van der Waals surface area (Å²) in [5.41, 5.74) is 7.85. The fourth-order valence-electron chi connectivity index (χ4n) is 4.41. The molecule has 0 heterocycles. The molecule has 6 nitrogen and oxygen atoms in total. The maximum absolute atomic E-state index is 11.7. The van der Waals surface area contributed by atoms with Gasteiger partial charge in [0.1, 0.15) is 5.54 Å². The highest BCUT2D eigenvalue weighted by Crippen LogP contribution is 2.39. The van der Waals surface area contributed by atoms with Crippen LogP contribution in [0, 0.1) is 5.92 Å². The quantitative estimate of drug-likeness (QED) is 0.331. The fourth-order valence-corrected chi connectivity index (χ4v) is 4.41. The Balaban J connectivity index is 1.45. The van der Waals surface area contributed by atoms with Gasteiger partial charge in [-0.3, -0.25) is 4.79 Å². The van der Waals surface area contributed by atoms with E-state index in [4.69, 9.17) is 15.8 Å². The van der Waals surface area contributed by atoms with Gasteiger partial charge in [-0.1, -0.05) is 37.1 Å². The average molecular weight is 360 g/mol. The number of nitrogens with two attached hydrogens (primary N) is 1. The molecule has 7 heteroatoms. The van der Waals surface area contributed by atoms with Gasteiger partial charge in [0.25, 0.3) is 0 Å². The van der Waals surface area contributed by atoms with Crippen molar-refractivity contribution in [3.63, 3.8) is 0 Å². The van der Waals surface area contributed by atoms with Gasteiger partial charge in [0, 0.05) is 12.1 Å². The van der Waals surface area contributed by atoms with Crippen molar-refractivity contribution in [1.82, 2.24) is 5.32 Å². The van der Waals surface area contributed by atoms with E-state index in [-0.39, 0.29) is 12.2 Å². The fraction of sp³-hybridized carbons (Fsp3) is 0.632. The van der Waals surface area contributed by atoms with Crippen LogP contribution in [0.4, 0.5) is 0 Å². The lowest BCUT2D eigenvalue weighted by Gasteiger charge is -2.45. The number of unbranched alkanes of at least 4 members (excludes halogenated alkanes) is 1. The Morgan fingerprint density at radius 3 is 2.31 bits per heavy atom. The molecule has 0 bridgehead atoms. The van der Waals surface area contributed by atoms with Crippen LogP contribution in [0.5, 0.6) is 0 Å². The summed E-state index contributed by atoms with van der Waals surface area (Å²) in [5.74, 6) is -0.973. The summed E-state index contributed by atoms with van der Waals surface area (Å²) in [7, 11) is -1.33. The van der Waals surface area contributed by atoms with Crippen LogP contribution in [0.15, 0.2) is 24.3 Å². The second-order valence-corrected chi connectivity index (χ2v) is 7.98. The molecular weight excluding hydrogens is 331 g/mol. The third-order valence-corrected chi connectivity index (χ3v) is 6.09. The Hall–Kier alpha value is -1.41. The van der Waals surface area contributed by atoms with Crippen LogP contribution in [0.2, 0.25) is 6.32 Å². The molecular formula is C19H29BN2O4. The van der Waals surface area contributed by atoms with Gasteiger partial charge >= 0.3 is 13.1 Å². The van der Waals surface area contributed by atoms with Gasteiger partial charge in [-0.25, -0.2) is 0 Å². The van der Waals surface area contributed by atoms with Crippen LogP contribution in [0.1, 0.15) is 43.2 Å². The minimum Gasteiger partial charge on any atom is -0.480 e. The lowest BCUT2D eigenvalue weighted by Crippen LogP contribution is -2.61. The van der Waals surface area contributed by atoms with Crippen molar-refractivity contribution < 1.29 is 19.9 Å². The monoisotopic (exact) mass is 360 g/mol. The number of carboxylic acids is 1. The molecule has 6 N–H and O–H groups in total. The van der Waals surface area contributed by atoms with Gasteiger partial charge in [-0.05, 0) is 55.5 Å². The first-order valence-electron chi connectivity index (χ1n) is 9.59. The Bertz CT molecular complexity index is 611. The number of aliphatic carboxylic acids is 1. The summed E-state index contributed by atoms with van der Waals surface area (Å²) in [4.78, 5) is 11.7. The molecule has 2 aliphatic rings. The molecule has 1 atom stereocenters. The van der Waals surface area contributed by atoms with Crippen molar-refractivity contribution in [1.29, 1.82) is 0 Å². The van der Waals surface area contributed by atoms with Crippen molar-refractivity contribution in [3.8, 4) is 0 Å². The first-order valence-corrected chi connectivity index (χ1v) is 9.59. The van der Waals surface area contributed by atoms with E-state index in [2.05, 4.69) is 29.6 Å². The summed E-state index contributed by atoms with van der Waals surface area (Å²) >= 11 is 0. The van der Waals surface area contributed by atoms with E-state index in [0.717, 1.165) is 25.7 Å². The van der Waals surface area contributed by atoms with Crippen molar-refractivity contribution in [3.05, 3.63) is 35.4 Å². The van der Waals surface area contributed by atoms with E-state index in [1.54, 1.807) is 0 Å². The molecule has 0 unspecified atom stereocenters. The van der Waals surface area contributed by atoms with Crippen molar-refractivity contribution in [2.24, 2.45) is 11.7 Å². The zero-order chi connectivity index (χ0) is 18.7. The number of carbonyl (C=O) groups is 1. The molecule has 0 aliphatic heterocycles. The molecule has 0 saturated heterocycles. The summed E-state index contributed by atoms with van der Waals surface area (Å²) in [5, 5.41) is 31.1. The largest absolute Gasteiger partial charge is 0.480 e. The Labute approximate surface area is 154 Å². The topological polar surface area (TPSA) is 116 Å². The molecule has 26 heavy (non-hydrogen) atoms. The smallest absolute Gasteiger partial charge is 0.451 e. The normalized spacial score (nSPS) is 24.6. The van der Waals surface area contributed by atoms with Crippen LogP contribution in [-0.4, -0.2) is 45.9 Å². The number of rotatable bonds is 9. The second-order valence-electron chi connectivity index (χ2n) is 7.98. The number of carboxylic acid groups (broad SMARTS) is 1. The Morgan fingerprint density at radius 1 is 1.15 bits per heavy atom. The maximum atomic E-state index is 11.7. The highest BCUT2D eigenvalue weighted by Gasteiger charge is 2.48. The Morgan fingerprint density at radius 2 is 1.77 bits per heavy atom. The summed E-state index contributed by atoms with van der Waals surface area (Å²) in [6.07, 6.45) is 5.44. The zero-order valence-electron chi connectivity index (χ0n) is 15.1. The lowest BCUT2D eigenvalue weighted by molar-refractivity contribution is -0.148. The summed E-state index contributed by atoms with van der Waals surface area (Å²) < 4.78 is 0. The van der Waals surface area contributed by atoms with Gasteiger partial charge in [0.05, 0.1) is 0 Å². The molecule has 1 saturated carbocycles. The number of fused-ring (bicyclic) bond motifs is 1. The van der Waals surface area contributed by atoms with Gasteiger partial charge in [0.15, 0.2) is 0 Å². The summed E-state index contributed by atoms with van der Waals surface area (Å²) in [6.45, 7) is 0. The third-order valence-electron chi connectivity index (χ3n) is 6.09. The summed E-state index contributed by atoms with van der Waals surface area (Å²) in [6, 6.07) is 9.28. The first-order chi connectivity index (χ1) is 12.4. The number of hydrogen-bond donors (Lipinski definition) is 5. The molecule has 0 spiro atoms.